The maximum atomic E-state index is 11.4. The minimum atomic E-state index is -0.472. The average molecular weight is 519 g/mol. The first kappa shape index (κ1) is 28.4. The third kappa shape index (κ3) is 7.66. The lowest BCUT2D eigenvalue weighted by molar-refractivity contribution is -0.384. The van der Waals surface area contributed by atoms with Crippen LogP contribution in [0.25, 0.3) is 0 Å². The number of nitrogens with zero attached hydrogens (tertiary/aromatic N) is 6. The van der Waals surface area contributed by atoms with Crippen LogP contribution in [0.1, 0.15) is 31.4 Å². The number of aliphatic hydroxyl groups excluding tert-OH is 1. The number of aliphatic hydroxyl groups is 1. The quantitative estimate of drug-likeness (QED) is 0.148. The highest BCUT2D eigenvalue weighted by molar-refractivity contribution is 5.64. The van der Waals surface area contributed by atoms with Crippen molar-refractivity contribution in [3.05, 3.63) is 75.8 Å². The first-order valence-electron chi connectivity index (χ1n) is 12.4. The molecular weight excluding hydrogens is 484 g/mol. The van der Waals surface area contributed by atoms with Gasteiger partial charge in [0.2, 0.25) is 0 Å². The van der Waals surface area contributed by atoms with Gasteiger partial charge in [0, 0.05) is 30.9 Å². The van der Waals surface area contributed by atoms with Crippen molar-refractivity contribution in [2.24, 2.45) is 26.4 Å². The summed E-state index contributed by atoms with van der Waals surface area (Å²) in [6, 6.07) is 16.0. The van der Waals surface area contributed by atoms with Gasteiger partial charge in [-0.25, -0.2) is 0 Å². The zero-order valence-corrected chi connectivity index (χ0v) is 22.5. The first-order chi connectivity index (χ1) is 18.2. The van der Waals surface area contributed by atoms with Gasteiger partial charge in [0.15, 0.2) is 5.69 Å². The van der Waals surface area contributed by atoms with Gasteiger partial charge in [-0.3, -0.25) is 10.1 Å². The van der Waals surface area contributed by atoms with Crippen molar-refractivity contribution in [1.82, 2.24) is 0 Å². The third-order valence-corrected chi connectivity index (χ3v) is 5.92. The summed E-state index contributed by atoms with van der Waals surface area (Å²) >= 11 is 0. The normalized spacial score (nSPS) is 11.6. The van der Waals surface area contributed by atoms with E-state index in [4.69, 9.17) is 4.74 Å². The number of methoxy groups -OCH3 is 1. The van der Waals surface area contributed by atoms with Gasteiger partial charge in [-0.15, -0.1) is 15.3 Å². The molecule has 3 aromatic carbocycles. The molecule has 3 rings (SSSR count). The van der Waals surface area contributed by atoms with Gasteiger partial charge in [-0.05, 0) is 73.7 Å². The van der Waals surface area contributed by atoms with E-state index in [1.54, 1.807) is 31.2 Å². The maximum absolute atomic E-state index is 11.4. The van der Waals surface area contributed by atoms with Crippen LogP contribution >= 0.6 is 0 Å². The summed E-state index contributed by atoms with van der Waals surface area (Å²) in [6.45, 7) is 9.53. The monoisotopic (exact) mass is 518 g/mol. The Bertz CT molecular complexity index is 1310. The number of hydrogen-bond acceptors (Lipinski definition) is 9. The number of azo groups is 2. The molecule has 10 heteroatoms. The van der Waals surface area contributed by atoms with Crippen molar-refractivity contribution in [2.45, 2.75) is 34.1 Å². The number of ether oxygens (including phenoxy) is 1. The molecule has 0 aliphatic heterocycles. The van der Waals surface area contributed by atoms with Crippen molar-refractivity contribution in [3.8, 4) is 5.75 Å². The highest BCUT2D eigenvalue weighted by Gasteiger charge is 2.14. The standard InChI is InChI=1S/C28H34N6O4/c1-19(2)12-13-33(14-15-35)23-9-7-22(8-10-23)29-32-26-17-21(4)25(18-28(26)38-5)31-30-24-11-6-20(3)16-27(24)34(36)37/h6-11,16-19,35H,12-15H2,1-5H3. The topological polar surface area (TPSA) is 125 Å². The number of anilines is 1. The molecule has 0 amide bonds. The number of nitro benzene ring substituents is 1. The van der Waals surface area contributed by atoms with Crippen LogP contribution in [0, 0.1) is 29.9 Å². The van der Waals surface area contributed by atoms with Crippen LogP contribution in [0.3, 0.4) is 0 Å². The summed E-state index contributed by atoms with van der Waals surface area (Å²) in [6.07, 6.45) is 1.04. The van der Waals surface area contributed by atoms with E-state index in [0.717, 1.165) is 29.8 Å². The van der Waals surface area contributed by atoms with E-state index in [0.29, 0.717) is 35.3 Å². The zero-order valence-electron chi connectivity index (χ0n) is 22.5. The summed E-state index contributed by atoms with van der Waals surface area (Å²) in [4.78, 5) is 13.1. The van der Waals surface area contributed by atoms with Gasteiger partial charge >= 0.3 is 0 Å². The molecule has 0 aliphatic carbocycles. The van der Waals surface area contributed by atoms with E-state index in [9.17, 15) is 15.2 Å². The van der Waals surface area contributed by atoms with Crippen LogP contribution in [0.2, 0.25) is 0 Å². The highest BCUT2D eigenvalue weighted by atomic mass is 16.6. The molecule has 0 fully saturated rings. The average Bonchev–Trinajstić information content (AvgIpc) is 2.90. The van der Waals surface area contributed by atoms with Gasteiger partial charge in [-0.1, -0.05) is 19.9 Å². The van der Waals surface area contributed by atoms with Crippen molar-refractivity contribution in [2.75, 3.05) is 31.7 Å². The molecule has 0 radical (unpaired) electrons. The molecule has 1 N–H and O–H groups in total. The molecule has 0 unspecified atom stereocenters. The molecule has 0 bridgehead atoms. The molecule has 0 atom stereocenters. The Kier molecular flexibility index (Phi) is 10.0. The lowest BCUT2D eigenvalue weighted by atomic mass is 10.1. The second kappa shape index (κ2) is 13.4. The van der Waals surface area contributed by atoms with Crippen LogP contribution in [0.5, 0.6) is 5.75 Å². The summed E-state index contributed by atoms with van der Waals surface area (Å²) in [5, 5.41) is 37.9. The summed E-state index contributed by atoms with van der Waals surface area (Å²) in [5.41, 5.74) is 4.33. The van der Waals surface area contributed by atoms with E-state index in [2.05, 4.69) is 39.2 Å². The predicted octanol–water partition coefficient (Wildman–Crippen LogP) is 7.90. The predicted molar refractivity (Wildman–Crippen MR) is 149 cm³/mol. The molecule has 10 nitrogen and oxygen atoms in total. The molecule has 0 saturated heterocycles. The smallest absolute Gasteiger partial charge is 0.296 e. The Morgan fingerprint density at radius 3 is 2.24 bits per heavy atom. The number of nitro groups is 1. The van der Waals surface area contributed by atoms with Gasteiger partial charge in [0.1, 0.15) is 11.4 Å². The SMILES string of the molecule is COc1cc(N=Nc2ccc(C)cc2[N+](=O)[O-])c(C)cc1N=Nc1ccc(N(CCO)CCC(C)C)cc1. The molecule has 0 spiro atoms. The third-order valence-electron chi connectivity index (χ3n) is 5.92. The fourth-order valence-electron chi connectivity index (χ4n) is 3.73. The van der Waals surface area contributed by atoms with Crippen molar-refractivity contribution in [3.63, 3.8) is 0 Å². The van der Waals surface area contributed by atoms with Crippen molar-refractivity contribution >= 4 is 34.1 Å². The fourth-order valence-corrected chi connectivity index (χ4v) is 3.73. The Morgan fingerprint density at radius 1 is 0.921 bits per heavy atom. The van der Waals surface area contributed by atoms with Crippen LogP contribution in [-0.2, 0) is 0 Å². The lowest BCUT2D eigenvalue weighted by Gasteiger charge is -2.24. The van der Waals surface area contributed by atoms with E-state index in [1.165, 1.54) is 13.2 Å². The second-order valence-electron chi connectivity index (χ2n) is 9.37. The molecule has 200 valence electrons. The second-order valence-corrected chi connectivity index (χ2v) is 9.37. The molecule has 0 aliphatic rings. The number of rotatable bonds is 12. The fraction of sp³-hybridized carbons (Fsp3) is 0.357. The molecule has 0 saturated carbocycles. The molecule has 38 heavy (non-hydrogen) atoms. The van der Waals surface area contributed by atoms with Gasteiger partial charge < -0.3 is 14.7 Å². The van der Waals surface area contributed by atoms with Crippen molar-refractivity contribution in [1.29, 1.82) is 0 Å². The number of hydrogen-bond donors (Lipinski definition) is 1. The Morgan fingerprint density at radius 2 is 1.61 bits per heavy atom. The number of benzene rings is 3. The zero-order chi connectivity index (χ0) is 27.7. The molecule has 0 aromatic heterocycles. The maximum Gasteiger partial charge on any atom is 0.296 e. The Hall–Kier alpha value is -4.18. The Balaban J connectivity index is 1.80. The van der Waals surface area contributed by atoms with E-state index < -0.39 is 4.92 Å². The van der Waals surface area contributed by atoms with Crippen molar-refractivity contribution < 1.29 is 14.8 Å². The van der Waals surface area contributed by atoms with Gasteiger partial charge in [0.05, 0.1) is 30.0 Å². The summed E-state index contributed by atoms with van der Waals surface area (Å²) < 4.78 is 5.49. The minimum Gasteiger partial charge on any atom is -0.494 e. The van der Waals surface area contributed by atoms with Crippen LogP contribution in [0.4, 0.5) is 34.1 Å². The van der Waals surface area contributed by atoms with Gasteiger partial charge in [0.25, 0.3) is 5.69 Å². The van der Waals surface area contributed by atoms with Crippen LogP contribution in [-0.4, -0.2) is 36.8 Å². The summed E-state index contributed by atoms with van der Waals surface area (Å²) in [5.74, 6) is 1.03. The first-order valence-corrected chi connectivity index (χ1v) is 12.4. The molecular formula is C28H34N6O4. The molecule has 0 heterocycles. The minimum absolute atomic E-state index is 0.0934. The summed E-state index contributed by atoms with van der Waals surface area (Å²) in [7, 11) is 1.52. The van der Waals surface area contributed by atoms with E-state index in [-0.39, 0.29) is 18.0 Å². The Labute approximate surface area is 222 Å². The van der Waals surface area contributed by atoms with Crippen LogP contribution in [0.15, 0.2) is 75.1 Å². The highest BCUT2D eigenvalue weighted by Crippen LogP contribution is 2.37. The van der Waals surface area contributed by atoms with E-state index in [1.807, 2.05) is 31.2 Å². The van der Waals surface area contributed by atoms with E-state index >= 15 is 0 Å². The van der Waals surface area contributed by atoms with Crippen LogP contribution < -0.4 is 9.64 Å². The lowest BCUT2D eigenvalue weighted by Crippen LogP contribution is -2.28. The number of aryl methyl sites for hydroxylation is 2. The van der Waals surface area contributed by atoms with Gasteiger partial charge in [-0.2, -0.15) is 5.11 Å². The largest absolute Gasteiger partial charge is 0.494 e. The molecule has 3 aromatic rings.